The van der Waals surface area contributed by atoms with Crippen molar-refractivity contribution >= 4 is 6.09 Å². The molecule has 1 aromatic heterocycles. The highest BCUT2D eigenvalue weighted by Crippen LogP contribution is 2.28. The highest BCUT2D eigenvalue weighted by atomic mass is 16.5. The van der Waals surface area contributed by atoms with Gasteiger partial charge in [0.2, 0.25) is 0 Å². The first-order valence-corrected chi connectivity index (χ1v) is 5.91. The number of nitrogens with two attached hydrogens (primary N) is 1. The van der Waals surface area contributed by atoms with Crippen molar-refractivity contribution in [3.05, 3.63) is 36.1 Å². The lowest BCUT2D eigenvalue weighted by atomic mass is 9.93. The quantitative estimate of drug-likeness (QED) is 0.899. The molecule has 0 atom stereocenters. The average Bonchev–Trinajstić information content (AvgIpc) is 2.78. The summed E-state index contributed by atoms with van der Waals surface area (Å²) < 4.78 is 10.1. The van der Waals surface area contributed by atoms with Crippen molar-refractivity contribution < 1.29 is 14.1 Å². The Hall–Kier alpha value is -2.30. The normalized spacial score (nSPS) is 11.3. The van der Waals surface area contributed by atoms with Gasteiger partial charge in [-0.2, -0.15) is 0 Å². The van der Waals surface area contributed by atoms with Crippen molar-refractivity contribution in [1.29, 1.82) is 0 Å². The van der Waals surface area contributed by atoms with Crippen molar-refractivity contribution in [2.45, 2.75) is 26.2 Å². The fraction of sp³-hybridized carbons (Fsp3) is 0.286. The van der Waals surface area contributed by atoms with E-state index in [1.165, 1.54) is 0 Å². The average molecular weight is 260 g/mol. The Kier molecular flexibility index (Phi) is 3.29. The number of carbonyl (C=O) groups is 1. The maximum Gasteiger partial charge on any atom is 0.409 e. The van der Waals surface area contributed by atoms with Crippen LogP contribution in [-0.4, -0.2) is 11.2 Å². The molecule has 0 bridgehead atoms. The van der Waals surface area contributed by atoms with Crippen LogP contribution in [0.25, 0.3) is 11.3 Å². The van der Waals surface area contributed by atoms with Gasteiger partial charge in [0.05, 0.1) is 0 Å². The number of hydrogen-bond donors (Lipinski definition) is 1. The predicted octanol–water partition coefficient (Wildman–Crippen LogP) is 3.10. The molecule has 0 radical (unpaired) electrons. The van der Waals surface area contributed by atoms with Gasteiger partial charge in [0.15, 0.2) is 0 Å². The van der Waals surface area contributed by atoms with E-state index in [1.54, 1.807) is 24.3 Å². The summed E-state index contributed by atoms with van der Waals surface area (Å²) in [5, 5.41) is 4.04. The van der Waals surface area contributed by atoms with Gasteiger partial charge in [-0.15, -0.1) is 0 Å². The fourth-order valence-corrected chi connectivity index (χ4v) is 1.57. The number of aromatic nitrogens is 1. The zero-order valence-corrected chi connectivity index (χ0v) is 11.1. The first-order valence-electron chi connectivity index (χ1n) is 5.91. The molecule has 0 unspecified atom stereocenters. The van der Waals surface area contributed by atoms with E-state index in [1.807, 2.05) is 6.07 Å². The largest absolute Gasteiger partial charge is 0.411 e. The molecule has 1 heterocycles. The zero-order valence-electron chi connectivity index (χ0n) is 11.1. The number of rotatable bonds is 2. The Labute approximate surface area is 111 Å². The molecule has 2 N–H and O–H groups in total. The zero-order chi connectivity index (χ0) is 14.0. The lowest BCUT2D eigenvalue weighted by Gasteiger charge is -2.12. The van der Waals surface area contributed by atoms with E-state index in [2.05, 4.69) is 25.9 Å². The van der Waals surface area contributed by atoms with Crippen LogP contribution in [0.15, 0.2) is 34.9 Å². The summed E-state index contributed by atoms with van der Waals surface area (Å²) in [6.45, 7) is 6.17. The lowest BCUT2D eigenvalue weighted by Crippen LogP contribution is -2.16. The molecule has 0 fully saturated rings. The summed E-state index contributed by atoms with van der Waals surface area (Å²) in [7, 11) is 0. The summed E-state index contributed by atoms with van der Waals surface area (Å²) >= 11 is 0. The van der Waals surface area contributed by atoms with Crippen LogP contribution in [0.4, 0.5) is 4.79 Å². The molecule has 0 aliphatic heterocycles. The molecule has 19 heavy (non-hydrogen) atoms. The van der Waals surface area contributed by atoms with Gasteiger partial charge in [0.25, 0.3) is 0 Å². The molecule has 1 amide bonds. The molecular weight excluding hydrogens is 244 g/mol. The Balaban J connectivity index is 2.23. The SMILES string of the molecule is CC(C)(C)c1cc(-c2ccc(OC(N)=O)cc2)no1. The molecule has 100 valence electrons. The van der Waals surface area contributed by atoms with Crippen molar-refractivity contribution in [2.24, 2.45) is 5.73 Å². The van der Waals surface area contributed by atoms with E-state index in [-0.39, 0.29) is 5.41 Å². The summed E-state index contributed by atoms with van der Waals surface area (Å²) in [6.07, 6.45) is -0.829. The summed E-state index contributed by atoms with van der Waals surface area (Å²) in [4.78, 5) is 10.6. The molecule has 2 aromatic rings. The molecule has 0 spiro atoms. The number of primary amides is 1. The smallest absolute Gasteiger partial charge is 0.409 e. The van der Waals surface area contributed by atoms with Gasteiger partial charge in [-0.1, -0.05) is 25.9 Å². The third-order valence-electron chi connectivity index (χ3n) is 2.62. The Morgan fingerprint density at radius 3 is 2.37 bits per heavy atom. The molecule has 2 rings (SSSR count). The van der Waals surface area contributed by atoms with E-state index in [0.29, 0.717) is 5.75 Å². The minimum absolute atomic E-state index is 0.0831. The first kappa shape index (κ1) is 13.1. The van der Waals surface area contributed by atoms with E-state index in [0.717, 1.165) is 17.0 Å². The number of hydrogen-bond acceptors (Lipinski definition) is 4. The second-order valence-electron chi connectivity index (χ2n) is 5.27. The van der Waals surface area contributed by atoms with Crippen LogP contribution >= 0.6 is 0 Å². The minimum atomic E-state index is -0.829. The Bertz CT molecular complexity index is 579. The van der Waals surface area contributed by atoms with Crippen LogP contribution in [0.2, 0.25) is 0 Å². The fourth-order valence-electron chi connectivity index (χ4n) is 1.57. The maximum atomic E-state index is 10.6. The van der Waals surface area contributed by atoms with Crippen LogP contribution in [0, 0.1) is 0 Å². The van der Waals surface area contributed by atoms with Crippen LogP contribution in [0.5, 0.6) is 5.75 Å². The number of carbonyl (C=O) groups excluding carboxylic acids is 1. The molecule has 5 nitrogen and oxygen atoms in total. The van der Waals surface area contributed by atoms with E-state index >= 15 is 0 Å². The van der Waals surface area contributed by atoms with Gasteiger partial charge < -0.3 is 15.0 Å². The van der Waals surface area contributed by atoms with Gasteiger partial charge >= 0.3 is 6.09 Å². The molecule has 0 aliphatic carbocycles. The summed E-state index contributed by atoms with van der Waals surface area (Å²) in [5.74, 6) is 1.22. The van der Waals surface area contributed by atoms with Crippen LogP contribution in [0.3, 0.4) is 0 Å². The second kappa shape index (κ2) is 4.76. The molecule has 0 saturated heterocycles. The second-order valence-corrected chi connectivity index (χ2v) is 5.27. The van der Waals surface area contributed by atoms with Crippen LogP contribution < -0.4 is 10.5 Å². The third-order valence-corrected chi connectivity index (χ3v) is 2.62. The number of ether oxygens (including phenoxy) is 1. The van der Waals surface area contributed by atoms with E-state index in [4.69, 9.17) is 15.0 Å². The van der Waals surface area contributed by atoms with Gasteiger partial charge in [-0.25, -0.2) is 4.79 Å². The highest BCUT2D eigenvalue weighted by molar-refractivity contribution is 5.68. The maximum absolute atomic E-state index is 10.6. The number of benzene rings is 1. The molecule has 0 saturated carbocycles. The topological polar surface area (TPSA) is 78.4 Å². The van der Waals surface area contributed by atoms with Gasteiger partial charge in [-0.05, 0) is 24.3 Å². The molecule has 0 aliphatic rings. The van der Waals surface area contributed by atoms with Crippen molar-refractivity contribution in [3.63, 3.8) is 0 Å². The van der Waals surface area contributed by atoms with E-state index in [9.17, 15) is 4.79 Å². The Morgan fingerprint density at radius 1 is 1.26 bits per heavy atom. The van der Waals surface area contributed by atoms with Crippen LogP contribution in [-0.2, 0) is 5.41 Å². The van der Waals surface area contributed by atoms with Gasteiger partial charge in [0.1, 0.15) is 17.2 Å². The minimum Gasteiger partial charge on any atom is -0.411 e. The highest BCUT2D eigenvalue weighted by Gasteiger charge is 2.20. The predicted molar refractivity (Wildman–Crippen MR) is 70.9 cm³/mol. The van der Waals surface area contributed by atoms with Gasteiger partial charge in [-0.3, -0.25) is 0 Å². The van der Waals surface area contributed by atoms with Crippen molar-refractivity contribution in [2.75, 3.05) is 0 Å². The van der Waals surface area contributed by atoms with Gasteiger partial charge in [0, 0.05) is 17.0 Å². The van der Waals surface area contributed by atoms with Crippen molar-refractivity contribution in [1.82, 2.24) is 5.16 Å². The monoisotopic (exact) mass is 260 g/mol. The molecule has 5 heteroatoms. The number of nitrogens with zero attached hydrogens (tertiary/aromatic N) is 1. The summed E-state index contributed by atoms with van der Waals surface area (Å²) in [5.41, 5.74) is 6.48. The van der Waals surface area contributed by atoms with Crippen LogP contribution in [0.1, 0.15) is 26.5 Å². The van der Waals surface area contributed by atoms with E-state index < -0.39 is 6.09 Å². The number of amides is 1. The molecular formula is C14H16N2O3. The third kappa shape index (κ3) is 3.13. The Morgan fingerprint density at radius 2 is 1.89 bits per heavy atom. The standard InChI is InChI=1S/C14H16N2O3/c1-14(2,3)12-8-11(16-19-12)9-4-6-10(7-5-9)18-13(15)17/h4-8H,1-3H3,(H2,15,17). The van der Waals surface area contributed by atoms with Crippen molar-refractivity contribution in [3.8, 4) is 17.0 Å². The first-order chi connectivity index (χ1) is 8.86. The molecule has 1 aromatic carbocycles. The lowest BCUT2D eigenvalue weighted by molar-refractivity contribution is 0.211. The summed E-state index contributed by atoms with van der Waals surface area (Å²) in [6, 6.07) is 8.81.